The van der Waals surface area contributed by atoms with Gasteiger partial charge >= 0.3 is 0 Å². The van der Waals surface area contributed by atoms with Gasteiger partial charge in [-0.3, -0.25) is 9.59 Å². The second-order valence-corrected chi connectivity index (χ2v) is 4.57. The van der Waals surface area contributed by atoms with E-state index in [0.29, 0.717) is 12.2 Å². The van der Waals surface area contributed by atoms with Gasteiger partial charge < -0.3 is 4.90 Å². The van der Waals surface area contributed by atoms with Gasteiger partial charge in [0, 0.05) is 25.7 Å². The summed E-state index contributed by atoms with van der Waals surface area (Å²) in [5, 5.41) is 4.16. The summed E-state index contributed by atoms with van der Waals surface area (Å²) >= 11 is 0. The van der Waals surface area contributed by atoms with Crippen molar-refractivity contribution in [2.45, 2.75) is 46.6 Å². The van der Waals surface area contributed by atoms with Gasteiger partial charge in [0.2, 0.25) is 0 Å². The molecule has 0 saturated carbocycles. The lowest BCUT2D eigenvalue weighted by molar-refractivity contribution is 0.0746. The SMILES string of the molecule is CCCN(CCC)C(=O)c1ccc(=O)n(CCC)n1. The Bertz CT molecular complexity index is 462. The van der Waals surface area contributed by atoms with Crippen molar-refractivity contribution in [1.82, 2.24) is 14.7 Å². The van der Waals surface area contributed by atoms with Crippen LogP contribution in [0.3, 0.4) is 0 Å². The molecule has 1 aromatic heterocycles. The second kappa shape index (κ2) is 7.71. The molecule has 1 amide bonds. The van der Waals surface area contributed by atoms with E-state index in [1.54, 1.807) is 4.90 Å². The first-order chi connectivity index (χ1) is 9.13. The molecule has 19 heavy (non-hydrogen) atoms. The maximum absolute atomic E-state index is 12.3. The molecule has 0 aliphatic carbocycles. The van der Waals surface area contributed by atoms with Gasteiger partial charge in [0.15, 0.2) is 0 Å². The normalized spacial score (nSPS) is 10.5. The van der Waals surface area contributed by atoms with E-state index in [9.17, 15) is 9.59 Å². The van der Waals surface area contributed by atoms with Crippen LogP contribution in [-0.4, -0.2) is 33.7 Å². The third kappa shape index (κ3) is 4.19. The van der Waals surface area contributed by atoms with E-state index < -0.39 is 0 Å². The molecule has 0 N–H and O–H groups in total. The predicted octanol–water partition coefficient (Wildman–Crippen LogP) is 1.92. The molecule has 0 saturated heterocycles. The first-order valence-electron chi connectivity index (χ1n) is 7.01. The fourth-order valence-corrected chi connectivity index (χ4v) is 1.95. The number of aryl methyl sites for hydroxylation is 1. The predicted molar refractivity (Wildman–Crippen MR) is 75.3 cm³/mol. The highest BCUT2D eigenvalue weighted by Crippen LogP contribution is 2.03. The molecule has 0 aliphatic rings. The number of aromatic nitrogens is 2. The van der Waals surface area contributed by atoms with Crippen molar-refractivity contribution in [3.05, 3.63) is 28.2 Å². The minimum atomic E-state index is -0.157. The lowest BCUT2D eigenvalue weighted by Gasteiger charge is -2.21. The Balaban J connectivity index is 2.97. The van der Waals surface area contributed by atoms with E-state index >= 15 is 0 Å². The minimum Gasteiger partial charge on any atom is -0.337 e. The summed E-state index contributed by atoms with van der Waals surface area (Å²) in [7, 11) is 0. The van der Waals surface area contributed by atoms with Crippen LogP contribution < -0.4 is 5.56 Å². The highest BCUT2D eigenvalue weighted by atomic mass is 16.2. The summed E-state index contributed by atoms with van der Waals surface area (Å²) in [6.45, 7) is 8.05. The van der Waals surface area contributed by atoms with Gasteiger partial charge in [-0.15, -0.1) is 0 Å². The molecule has 0 fully saturated rings. The summed E-state index contributed by atoms with van der Waals surface area (Å²) in [6.07, 6.45) is 2.65. The lowest BCUT2D eigenvalue weighted by Crippen LogP contribution is -2.35. The van der Waals surface area contributed by atoms with Crippen molar-refractivity contribution >= 4 is 5.91 Å². The first-order valence-corrected chi connectivity index (χ1v) is 7.01. The molecule has 1 rings (SSSR count). The average Bonchev–Trinajstić information content (AvgIpc) is 2.40. The molecule has 0 atom stereocenters. The number of amides is 1. The molecule has 106 valence electrons. The molecule has 1 heterocycles. The van der Waals surface area contributed by atoms with Crippen LogP contribution in [0.25, 0.3) is 0 Å². The number of hydrogen-bond acceptors (Lipinski definition) is 3. The van der Waals surface area contributed by atoms with E-state index in [0.717, 1.165) is 32.4 Å². The maximum atomic E-state index is 12.3. The van der Waals surface area contributed by atoms with Gasteiger partial charge in [-0.25, -0.2) is 4.68 Å². The van der Waals surface area contributed by atoms with Gasteiger partial charge in [-0.1, -0.05) is 20.8 Å². The Labute approximate surface area is 114 Å². The first kappa shape index (κ1) is 15.4. The molecular formula is C14H23N3O2. The van der Waals surface area contributed by atoms with Gasteiger partial charge in [-0.05, 0) is 25.3 Å². The molecule has 1 aromatic rings. The molecule has 0 aromatic carbocycles. The number of carbonyl (C=O) groups excluding carboxylic acids is 1. The number of hydrogen-bond donors (Lipinski definition) is 0. The van der Waals surface area contributed by atoms with Crippen LogP contribution in [0.15, 0.2) is 16.9 Å². The summed E-state index contributed by atoms with van der Waals surface area (Å²) in [5.41, 5.74) is 0.200. The average molecular weight is 265 g/mol. The Morgan fingerprint density at radius 2 is 1.79 bits per heavy atom. The topological polar surface area (TPSA) is 55.2 Å². The zero-order valence-corrected chi connectivity index (χ0v) is 12.1. The second-order valence-electron chi connectivity index (χ2n) is 4.57. The molecule has 0 spiro atoms. The molecule has 0 unspecified atom stereocenters. The van der Waals surface area contributed by atoms with Crippen LogP contribution in [0.4, 0.5) is 0 Å². The summed E-state index contributed by atoms with van der Waals surface area (Å²) in [5.74, 6) is -0.0893. The molecule has 0 aliphatic heterocycles. The Morgan fingerprint density at radius 3 is 2.32 bits per heavy atom. The van der Waals surface area contributed by atoms with Gasteiger partial charge in [0.25, 0.3) is 11.5 Å². The molecule has 5 heteroatoms. The Morgan fingerprint density at radius 1 is 1.16 bits per heavy atom. The number of carbonyl (C=O) groups is 1. The van der Waals surface area contributed by atoms with E-state index in [4.69, 9.17) is 0 Å². The zero-order chi connectivity index (χ0) is 14.3. The van der Waals surface area contributed by atoms with Crippen molar-refractivity contribution < 1.29 is 4.79 Å². The van der Waals surface area contributed by atoms with Crippen LogP contribution in [0.5, 0.6) is 0 Å². The zero-order valence-electron chi connectivity index (χ0n) is 12.1. The van der Waals surface area contributed by atoms with Crippen molar-refractivity contribution in [2.24, 2.45) is 0 Å². The molecule has 5 nitrogen and oxygen atoms in total. The molecular weight excluding hydrogens is 242 g/mol. The highest BCUT2D eigenvalue weighted by Gasteiger charge is 2.16. The third-order valence-corrected chi connectivity index (χ3v) is 2.80. The van der Waals surface area contributed by atoms with Crippen LogP contribution in [0.1, 0.15) is 50.5 Å². The van der Waals surface area contributed by atoms with Gasteiger partial charge in [0.1, 0.15) is 5.69 Å². The van der Waals surface area contributed by atoms with Crippen molar-refractivity contribution in [3.63, 3.8) is 0 Å². The standard InChI is InChI=1S/C14H23N3O2/c1-4-9-16(10-5-2)14(19)12-7-8-13(18)17(15-12)11-6-3/h7-8H,4-6,9-11H2,1-3H3. The van der Waals surface area contributed by atoms with Crippen molar-refractivity contribution in [1.29, 1.82) is 0 Å². The van der Waals surface area contributed by atoms with E-state index in [-0.39, 0.29) is 11.5 Å². The number of rotatable bonds is 7. The van der Waals surface area contributed by atoms with E-state index in [1.165, 1.54) is 16.8 Å². The summed E-state index contributed by atoms with van der Waals surface area (Å²) in [6, 6.07) is 2.95. The van der Waals surface area contributed by atoms with Gasteiger partial charge in [0.05, 0.1) is 0 Å². The summed E-state index contributed by atoms with van der Waals surface area (Å²) in [4.78, 5) is 25.7. The minimum absolute atomic E-state index is 0.0893. The molecule has 0 radical (unpaired) electrons. The van der Waals surface area contributed by atoms with Crippen molar-refractivity contribution in [3.8, 4) is 0 Å². The highest BCUT2D eigenvalue weighted by molar-refractivity contribution is 5.92. The van der Waals surface area contributed by atoms with E-state index in [1.807, 2.05) is 20.8 Å². The van der Waals surface area contributed by atoms with Crippen LogP contribution in [-0.2, 0) is 6.54 Å². The lowest BCUT2D eigenvalue weighted by atomic mass is 10.3. The summed E-state index contributed by atoms with van der Waals surface area (Å²) < 4.78 is 1.36. The third-order valence-electron chi connectivity index (χ3n) is 2.80. The fourth-order valence-electron chi connectivity index (χ4n) is 1.95. The monoisotopic (exact) mass is 265 g/mol. The van der Waals surface area contributed by atoms with Gasteiger partial charge in [-0.2, -0.15) is 5.10 Å². The van der Waals surface area contributed by atoms with E-state index in [2.05, 4.69) is 5.10 Å². The maximum Gasteiger partial charge on any atom is 0.274 e. The largest absolute Gasteiger partial charge is 0.337 e. The van der Waals surface area contributed by atoms with Crippen LogP contribution in [0, 0.1) is 0 Å². The molecule has 0 bridgehead atoms. The Kier molecular flexibility index (Phi) is 6.25. The fraction of sp³-hybridized carbons (Fsp3) is 0.643. The van der Waals surface area contributed by atoms with Crippen LogP contribution >= 0.6 is 0 Å². The number of nitrogens with zero attached hydrogens (tertiary/aromatic N) is 3. The quantitative estimate of drug-likeness (QED) is 0.756. The smallest absolute Gasteiger partial charge is 0.274 e. The van der Waals surface area contributed by atoms with Crippen molar-refractivity contribution in [2.75, 3.05) is 13.1 Å². The Hall–Kier alpha value is -1.65. The van der Waals surface area contributed by atoms with Crippen LogP contribution in [0.2, 0.25) is 0 Å².